The second kappa shape index (κ2) is 6.36. The zero-order valence-electron chi connectivity index (χ0n) is 12.2. The molecule has 3 nitrogen and oxygen atoms in total. The molecule has 0 aromatic rings. The van der Waals surface area contributed by atoms with Crippen LogP contribution >= 0.6 is 0 Å². The smallest absolute Gasteiger partial charge is 0.0702 e. The largest absolute Gasteiger partial charge is 0.377 e. The molecule has 0 aromatic carbocycles. The normalized spacial score (nSPS) is 37.3. The van der Waals surface area contributed by atoms with Gasteiger partial charge in [0.05, 0.1) is 6.10 Å². The van der Waals surface area contributed by atoms with Crippen molar-refractivity contribution in [3.8, 4) is 0 Å². The van der Waals surface area contributed by atoms with E-state index in [4.69, 9.17) is 10.5 Å². The molecule has 2 rings (SSSR count). The van der Waals surface area contributed by atoms with Crippen LogP contribution in [0.15, 0.2) is 0 Å². The summed E-state index contributed by atoms with van der Waals surface area (Å²) in [6, 6.07) is 0. The van der Waals surface area contributed by atoms with Crippen molar-refractivity contribution in [3.63, 3.8) is 0 Å². The van der Waals surface area contributed by atoms with Gasteiger partial charge in [0.15, 0.2) is 0 Å². The summed E-state index contributed by atoms with van der Waals surface area (Å²) in [5.41, 5.74) is 6.36. The Balaban J connectivity index is 1.90. The third-order valence-corrected chi connectivity index (χ3v) is 5.21. The second-order valence-electron chi connectivity index (χ2n) is 6.31. The number of hydrogen-bond donors (Lipinski definition) is 1. The number of nitrogens with two attached hydrogens (primary N) is 1. The van der Waals surface area contributed by atoms with Gasteiger partial charge in [-0.2, -0.15) is 0 Å². The average Bonchev–Trinajstić information content (AvgIpc) is 2.85. The minimum atomic E-state index is 0.251. The predicted octanol–water partition coefficient (Wildman–Crippen LogP) is 2.39. The Morgan fingerprint density at radius 3 is 2.72 bits per heavy atom. The first kappa shape index (κ1) is 14.3. The highest BCUT2D eigenvalue weighted by molar-refractivity contribution is 4.98. The zero-order valence-corrected chi connectivity index (χ0v) is 12.2. The summed E-state index contributed by atoms with van der Waals surface area (Å²) in [5, 5.41) is 0. The van der Waals surface area contributed by atoms with Crippen molar-refractivity contribution in [1.82, 2.24) is 4.90 Å². The maximum atomic E-state index is 6.11. The van der Waals surface area contributed by atoms with E-state index in [0.29, 0.717) is 6.10 Å². The van der Waals surface area contributed by atoms with Crippen LogP contribution in [0.25, 0.3) is 0 Å². The van der Waals surface area contributed by atoms with Gasteiger partial charge in [-0.25, -0.2) is 0 Å². The van der Waals surface area contributed by atoms with Gasteiger partial charge in [0.2, 0.25) is 0 Å². The molecule has 3 heteroatoms. The van der Waals surface area contributed by atoms with Crippen LogP contribution in [-0.4, -0.2) is 43.3 Å². The lowest BCUT2D eigenvalue weighted by Gasteiger charge is -2.40. The van der Waals surface area contributed by atoms with Crippen LogP contribution in [0.4, 0.5) is 0 Å². The van der Waals surface area contributed by atoms with Gasteiger partial charge in [-0.15, -0.1) is 0 Å². The van der Waals surface area contributed by atoms with Gasteiger partial charge in [0.25, 0.3) is 0 Å². The Labute approximate surface area is 112 Å². The molecule has 1 aliphatic carbocycles. The number of nitrogens with zero attached hydrogens (tertiary/aromatic N) is 1. The van der Waals surface area contributed by atoms with Crippen molar-refractivity contribution < 1.29 is 4.74 Å². The minimum Gasteiger partial charge on any atom is -0.377 e. The van der Waals surface area contributed by atoms with Crippen molar-refractivity contribution in [2.75, 3.05) is 26.7 Å². The fourth-order valence-corrected chi connectivity index (χ4v) is 3.70. The van der Waals surface area contributed by atoms with E-state index < -0.39 is 0 Å². The van der Waals surface area contributed by atoms with Crippen LogP contribution in [0.3, 0.4) is 0 Å². The molecule has 0 amide bonds. The molecule has 0 aromatic heterocycles. The second-order valence-corrected chi connectivity index (χ2v) is 6.31. The molecule has 2 N–H and O–H groups in total. The molecular weight excluding hydrogens is 224 g/mol. The van der Waals surface area contributed by atoms with Gasteiger partial charge < -0.3 is 10.5 Å². The lowest BCUT2D eigenvalue weighted by molar-refractivity contribution is -0.0222. The molecule has 106 valence electrons. The molecule has 0 bridgehead atoms. The molecule has 1 saturated carbocycles. The first-order valence-electron chi connectivity index (χ1n) is 7.73. The third kappa shape index (κ3) is 3.06. The van der Waals surface area contributed by atoms with E-state index in [1.807, 2.05) is 0 Å². The van der Waals surface area contributed by atoms with E-state index in [-0.39, 0.29) is 5.54 Å². The summed E-state index contributed by atoms with van der Waals surface area (Å²) >= 11 is 0. The van der Waals surface area contributed by atoms with Crippen molar-refractivity contribution in [2.24, 2.45) is 11.7 Å². The van der Waals surface area contributed by atoms with Crippen molar-refractivity contribution in [3.05, 3.63) is 0 Å². The molecule has 3 atom stereocenters. The summed E-state index contributed by atoms with van der Waals surface area (Å²) in [7, 11) is 2.25. The van der Waals surface area contributed by atoms with Crippen molar-refractivity contribution in [2.45, 2.75) is 63.5 Å². The molecule has 3 unspecified atom stereocenters. The van der Waals surface area contributed by atoms with E-state index in [2.05, 4.69) is 18.9 Å². The van der Waals surface area contributed by atoms with E-state index in [0.717, 1.165) is 25.6 Å². The van der Waals surface area contributed by atoms with Crippen LogP contribution in [0.1, 0.15) is 51.9 Å². The maximum absolute atomic E-state index is 6.11. The van der Waals surface area contributed by atoms with Crippen LogP contribution < -0.4 is 5.73 Å². The minimum absolute atomic E-state index is 0.251. The number of ether oxygens (including phenoxy) is 1. The first-order valence-corrected chi connectivity index (χ1v) is 7.73. The summed E-state index contributed by atoms with van der Waals surface area (Å²) in [6.45, 7) is 5.12. The number of likely N-dealkylation sites (N-methyl/N-ethyl adjacent to an activating group) is 1. The molecular formula is C15H30N2O. The third-order valence-electron chi connectivity index (χ3n) is 5.21. The summed E-state index contributed by atoms with van der Waals surface area (Å²) in [6.07, 6.45) is 9.43. The fourth-order valence-electron chi connectivity index (χ4n) is 3.70. The van der Waals surface area contributed by atoms with Crippen LogP contribution in [0, 0.1) is 5.92 Å². The lowest BCUT2D eigenvalue weighted by Crippen LogP contribution is -2.53. The summed E-state index contributed by atoms with van der Waals surface area (Å²) < 4.78 is 5.87. The molecule has 18 heavy (non-hydrogen) atoms. The van der Waals surface area contributed by atoms with Gasteiger partial charge in [-0.3, -0.25) is 4.90 Å². The Hall–Kier alpha value is -0.120. The first-order chi connectivity index (χ1) is 8.70. The molecule has 2 fully saturated rings. The lowest BCUT2D eigenvalue weighted by atomic mass is 9.92. The predicted molar refractivity (Wildman–Crippen MR) is 75.6 cm³/mol. The van der Waals surface area contributed by atoms with Crippen LogP contribution in [0.2, 0.25) is 0 Å². The Kier molecular flexibility index (Phi) is 5.05. The van der Waals surface area contributed by atoms with Gasteiger partial charge in [0.1, 0.15) is 0 Å². The molecule has 1 heterocycles. The van der Waals surface area contributed by atoms with Gasteiger partial charge >= 0.3 is 0 Å². The number of hydrogen-bond acceptors (Lipinski definition) is 3. The Morgan fingerprint density at radius 2 is 2.17 bits per heavy atom. The SMILES string of the molecule is CCC1CCC(CN)(N(C)CC2CCCCO2)C1. The highest BCUT2D eigenvalue weighted by atomic mass is 16.5. The van der Waals surface area contributed by atoms with Gasteiger partial charge in [0, 0.05) is 25.2 Å². The van der Waals surface area contributed by atoms with Gasteiger partial charge in [-0.05, 0) is 51.5 Å². The van der Waals surface area contributed by atoms with E-state index in [1.165, 1.54) is 44.9 Å². The van der Waals surface area contributed by atoms with Crippen molar-refractivity contribution >= 4 is 0 Å². The molecule has 2 aliphatic rings. The zero-order chi connectivity index (χ0) is 13.0. The standard InChI is InChI=1S/C15H30N2O/c1-3-13-7-8-15(10-13,12-16)17(2)11-14-6-4-5-9-18-14/h13-14H,3-12,16H2,1-2H3. The van der Waals surface area contributed by atoms with Crippen LogP contribution in [-0.2, 0) is 4.74 Å². The van der Waals surface area contributed by atoms with E-state index in [1.54, 1.807) is 0 Å². The quantitative estimate of drug-likeness (QED) is 0.819. The van der Waals surface area contributed by atoms with E-state index >= 15 is 0 Å². The summed E-state index contributed by atoms with van der Waals surface area (Å²) in [5.74, 6) is 0.878. The van der Waals surface area contributed by atoms with Crippen molar-refractivity contribution in [1.29, 1.82) is 0 Å². The Morgan fingerprint density at radius 1 is 1.33 bits per heavy atom. The topological polar surface area (TPSA) is 38.5 Å². The number of rotatable bonds is 5. The van der Waals surface area contributed by atoms with Crippen LogP contribution in [0.5, 0.6) is 0 Å². The van der Waals surface area contributed by atoms with E-state index in [9.17, 15) is 0 Å². The fraction of sp³-hybridized carbons (Fsp3) is 1.00. The summed E-state index contributed by atoms with van der Waals surface area (Å²) in [4.78, 5) is 2.51. The maximum Gasteiger partial charge on any atom is 0.0702 e. The highest BCUT2D eigenvalue weighted by Crippen LogP contribution is 2.39. The molecule has 1 saturated heterocycles. The van der Waals surface area contributed by atoms with Gasteiger partial charge in [-0.1, -0.05) is 13.3 Å². The monoisotopic (exact) mass is 254 g/mol. The molecule has 0 radical (unpaired) electrons. The Bertz CT molecular complexity index is 253. The molecule has 0 spiro atoms. The highest BCUT2D eigenvalue weighted by Gasteiger charge is 2.41. The average molecular weight is 254 g/mol. The molecule has 1 aliphatic heterocycles.